The van der Waals surface area contributed by atoms with E-state index in [0.717, 1.165) is 30.2 Å². The Bertz CT molecular complexity index is 418. The molecule has 1 aliphatic carbocycles. The van der Waals surface area contributed by atoms with E-state index in [0.29, 0.717) is 12.1 Å². The smallest absolute Gasteiger partial charge is 0.129 e. The molecule has 1 aromatic carbocycles. The van der Waals surface area contributed by atoms with Gasteiger partial charge in [-0.05, 0) is 31.9 Å². The predicted octanol–water partition coefficient (Wildman–Crippen LogP) is 3.54. The molecule has 0 aromatic heterocycles. The van der Waals surface area contributed by atoms with Crippen LogP contribution in [0.1, 0.15) is 44.2 Å². The summed E-state index contributed by atoms with van der Waals surface area (Å²) in [6.45, 7) is 2.45. The van der Waals surface area contributed by atoms with Crippen molar-refractivity contribution in [1.29, 1.82) is 0 Å². The fourth-order valence-corrected chi connectivity index (χ4v) is 2.85. The molecule has 4 heteroatoms. The lowest BCUT2D eigenvalue weighted by molar-refractivity contribution is 0.0452. The second-order valence-electron chi connectivity index (χ2n) is 5.20. The zero-order valence-electron chi connectivity index (χ0n) is 10.5. The van der Waals surface area contributed by atoms with Crippen molar-refractivity contribution in [3.63, 3.8) is 0 Å². The van der Waals surface area contributed by atoms with Crippen molar-refractivity contribution in [2.24, 2.45) is 0 Å². The second-order valence-corrected chi connectivity index (χ2v) is 6.12. The second kappa shape index (κ2) is 5.68. The van der Waals surface area contributed by atoms with Crippen LogP contribution in [0.15, 0.2) is 22.7 Å². The van der Waals surface area contributed by atoms with Gasteiger partial charge in [0.25, 0.3) is 0 Å². The van der Waals surface area contributed by atoms with Crippen LogP contribution in [0.5, 0.6) is 0 Å². The topological polar surface area (TPSA) is 32.3 Å². The van der Waals surface area contributed by atoms with Gasteiger partial charge in [0.2, 0.25) is 0 Å². The third kappa shape index (κ3) is 3.31. The van der Waals surface area contributed by atoms with Gasteiger partial charge in [0.05, 0.1) is 5.60 Å². The minimum atomic E-state index is -0.597. The molecule has 1 saturated carbocycles. The first-order valence-electron chi connectivity index (χ1n) is 6.41. The van der Waals surface area contributed by atoms with Crippen molar-refractivity contribution in [1.82, 2.24) is 5.32 Å². The van der Waals surface area contributed by atoms with Crippen molar-refractivity contribution in [2.45, 2.75) is 44.2 Å². The summed E-state index contributed by atoms with van der Waals surface area (Å²) in [5, 5.41) is 13.5. The summed E-state index contributed by atoms with van der Waals surface area (Å²) in [5.41, 5.74) is 0.0416. The number of rotatable bonds is 4. The molecule has 0 heterocycles. The van der Waals surface area contributed by atoms with Crippen LogP contribution in [0.25, 0.3) is 0 Å². The maximum atomic E-state index is 13.8. The molecule has 1 unspecified atom stereocenters. The lowest BCUT2D eigenvalue weighted by Gasteiger charge is -2.25. The zero-order valence-corrected chi connectivity index (χ0v) is 12.1. The Balaban J connectivity index is 1.97. The van der Waals surface area contributed by atoms with Crippen molar-refractivity contribution in [3.05, 3.63) is 34.1 Å². The molecule has 0 bridgehead atoms. The van der Waals surface area contributed by atoms with E-state index in [4.69, 9.17) is 0 Å². The van der Waals surface area contributed by atoms with Crippen molar-refractivity contribution < 1.29 is 9.50 Å². The fourth-order valence-electron chi connectivity index (χ4n) is 2.52. The largest absolute Gasteiger partial charge is 0.389 e. The molecular formula is C14H19BrFNO. The maximum Gasteiger partial charge on any atom is 0.129 e. The molecule has 0 aliphatic heterocycles. The summed E-state index contributed by atoms with van der Waals surface area (Å²) in [6.07, 6.45) is 3.85. The van der Waals surface area contributed by atoms with Gasteiger partial charge in [-0.1, -0.05) is 34.8 Å². The average Bonchev–Trinajstić information content (AvgIpc) is 2.74. The highest BCUT2D eigenvalue weighted by Gasteiger charge is 2.31. The molecule has 2 rings (SSSR count). The molecular weight excluding hydrogens is 297 g/mol. The number of hydrogen-bond donors (Lipinski definition) is 2. The number of aliphatic hydroxyl groups is 1. The standard InChI is InChI=1S/C14H19BrFNO/c1-10(12-5-4-11(15)8-13(12)16)17-9-14(18)6-2-3-7-14/h4-5,8,10,17-18H,2-3,6-7,9H2,1H3. The Morgan fingerprint density at radius 1 is 1.44 bits per heavy atom. The predicted molar refractivity (Wildman–Crippen MR) is 73.9 cm³/mol. The summed E-state index contributed by atoms with van der Waals surface area (Å²) in [5.74, 6) is -0.220. The molecule has 1 aliphatic rings. The molecule has 2 N–H and O–H groups in total. The highest BCUT2D eigenvalue weighted by molar-refractivity contribution is 9.10. The first-order valence-corrected chi connectivity index (χ1v) is 7.20. The summed E-state index contributed by atoms with van der Waals surface area (Å²) >= 11 is 3.25. The maximum absolute atomic E-state index is 13.8. The molecule has 0 amide bonds. The summed E-state index contributed by atoms with van der Waals surface area (Å²) < 4.78 is 14.5. The number of hydrogen-bond acceptors (Lipinski definition) is 2. The van der Waals surface area contributed by atoms with Crippen LogP contribution in [0.2, 0.25) is 0 Å². The first-order chi connectivity index (χ1) is 8.50. The summed E-state index contributed by atoms with van der Waals surface area (Å²) in [6, 6.07) is 4.98. The third-order valence-corrected chi connectivity index (χ3v) is 4.19. The van der Waals surface area contributed by atoms with Crippen LogP contribution in [-0.2, 0) is 0 Å². The highest BCUT2D eigenvalue weighted by atomic mass is 79.9. The Hall–Kier alpha value is -0.450. The van der Waals surface area contributed by atoms with Crippen LogP contribution in [-0.4, -0.2) is 17.3 Å². The molecule has 0 saturated heterocycles. The van der Waals surface area contributed by atoms with Gasteiger partial charge in [-0.25, -0.2) is 4.39 Å². The van der Waals surface area contributed by atoms with Crippen LogP contribution in [0.4, 0.5) is 4.39 Å². The molecule has 1 fully saturated rings. The quantitative estimate of drug-likeness (QED) is 0.890. The van der Waals surface area contributed by atoms with Crippen LogP contribution in [0, 0.1) is 5.82 Å². The van der Waals surface area contributed by atoms with Gasteiger partial charge in [-0.2, -0.15) is 0 Å². The highest BCUT2D eigenvalue weighted by Crippen LogP contribution is 2.29. The Morgan fingerprint density at radius 2 is 2.11 bits per heavy atom. The minimum absolute atomic E-state index is 0.0947. The fraction of sp³-hybridized carbons (Fsp3) is 0.571. The lowest BCUT2D eigenvalue weighted by atomic mass is 10.0. The van der Waals surface area contributed by atoms with Crippen LogP contribution in [0.3, 0.4) is 0 Å². The third-order valence-electron chi connectivity index (χ3n) is 3.70. The lowest BCUT2D eigenvalue weighted by Crippen LogP contribution is -2.39. The Morgan fingerprint density at radius 3 is 2.72 bits per heavy atom. The van der Waals surface area contributed by atoms with E-state index in [9.17, 15) is 9.50 Å². The van der Waals surface area contributed by atoms with Crippen molar-refractivity contribution in [2.75, 3.05) is 6.54 Å². The van der Waals surface area contributed by atoms with Gasteiger partial charge in [0, 0.05) is 22.6 Å². The van der Waals surface area contributed by atoms with Crippen LogP contribution < -0.4 is 5.32 Å². The molecule has 0 spiro atoms. The van der Waals surface area contributed by atoms with Crippen molar-refractivity contribution >= 4 is 15.9 Å². The number of benzene rings is 1. The summed E-state index contributed by atoms with van der Waals surface area (Å²) in [7, 11) is 0. The van der Waals surface area contributed by atoms with E-state index < -0.39 is 5.60 Å². The van der Waals surface area contributed by atoms with Crippen molar-refractivity contribution in [3.8, 4) is 0 Å². The molecule has 0 radical (unpaired) electrons. The van der Waals surface area contributed by atoms with E-state index in [2.05, 4.69) is 21.2 Å². The minimum Gasteiger partial charge on any atom is -0.389 e. The molecule has 1 atom stereocenters. The number of nitrogens with one attached hydrogen (secondary N) is 1. The van der Waals surface area contributed by atoms with Gasteiger partial charge in [0.15, 0.2) is 0 Å². The van der Waals surface area contributed by atoms with Gasteiger partial charge in [-0.15, -0.1) is 0 Å². The average molecular weight is 316 g/mol. The molecule has 1 aromatic rings. The van der Waals surface area contributed by atoms with Crippen LogP contribution >= 0.6 is 15.9 Å². The normalized spacial score (nSPS) is 20.0. The van der Waals surface area contributed by atoms with E-state index in [1.807, 2.05) is 13.0 Å². The molecule has 2 nitrogen and oxygen atoms in total. The molecule has 100 valence electrons. The zero-order chi connectivity index (χ0) is 13.2. The SMILES string of the molecule is CC(NCC1(O)CCCC1)c1ccc(Br)cc1F. The summed E-state index contributed by atoms with van der Waals surface area (Å²) in [4.78, 5) is 0. The van der Waals surface area contributed by atoms with Gasteiger partial charge >= 0.3 is 0 Å². The Kier molecular flexibility index (Phi) is 4.41. The number of halogens is 2. The Labute approximate surface area is 116 Å². The van der Waals surface area contributed by atoms with E-state index >= 15 is 0 Å². The van der Waals surface area contributed by atoms with E-state index in [1.165, 1.54) is 6.07 Å². The first kappa shape index (κ1) is 14.0. The molecule has 18 heavy (non-hydrogen) atoms. The van der Waals surface area contributed by atoms with E-state index in [1.54, 1.807) is 6.07 Å². The van der Waals surface area contributed by atoms with E-state index in [-0.39, 0.29) is 11.9 Å². The monoisotopic (exact) mass is 315 g/mol. The van der Waals surface area contributed by atoms with Gasteiger partial charge in [-0.3, -0.25) is 0 Å². The van der Waals surface area contributed by atoms with Gasteiger partial charge < -0.3 is 10.4 Å². The van der Waals surface area contributed by atoms with Gasteiger partial charge in [0.1, 0.15) is 5.82 Å².